The number of hydrazone groups is 1. The second kappa shape index (κ2) is 6.01. The van der Waals surface area contributed by atoms with Gasteiger partial charge in [-0.25, -0.2) is 0 Å². The number of aliphatic hydroxyl groups is 1. The summed E-state index contributed by atoms with van der Waals surface area (Å²) in [6, 6.07) is 6.35. The van der Waals surface area contributed by atoms with Crippen molar-refractivity contribution in [2.75, 3.05) is 19.0 Å². The van der Waals surface area contributed by atoms with Gasteiger partial charge in [-0.15, -0.1) is 0 Å². The van der Waals surface area contributed by atoms with Crippen LogP contribution in [0, 0.1) is 5.41 Å². The van der Waals surface area contributed by atoms with Gasteiger partial charge in [0.15, 0.2) is 5.72 Å². The number of nitrogens with zero attached hydrogens (tertiary/aromatic N) is 3. The number of hydrogen-bond acceptors (Lipinski definition) is 4. The van der Waals surface area contributed by atoms with Crippen molar-refractivity contribution in [1.29, 1.82) is 0 Å². The Hall–Kier alpha value is -2.09. The molecule has 1 aliphatic rings. The van der Waals surface area contributed by atoms with Gasteiger partial charge in [0.25, 0.3) is 5.91 Å². The standard InChI is InChI=1S/C17H22F3N3O2/c1-15(2,3)16(25)10-13(17(18,19)20)21-23(16)14(24)11-6-8-12(9-7-11)22(4)5/h6-9,25H,10H2,1-5H3/t16-/m1/s1. The molecule has 0 aliphatic carbocycles. The highest BCUT2D eigenvalue weighted by Gasteiger charge is 2.57. The van der Waals surface area contributed by atoms with Crippen molar-refractivity contribution in [3.63, 3.8) is 0 Å². The van der Waals surface area contributed by atoms with Gasteiger partial charge in [0, 0.05) is 37.2 Å². The Morgan fingerprint density at radius 2 is 1.72 bits per heavy atom. The van der Waals surface area contributed by atoms with E-state index in [1.165, 1.54) is 12.1 Å². The molecule has 1 aliphatic heterocycles. The van der Waals surface area contributed by atoms with Crippen LogP contribution < -0.4 is 4.90 Å². The van der Waals surface area contributed by atoms with Crippen LogP contribution in [0.1, 0.15) is 37.6 Å². The molecular formula is C17H22F3N3O2. The number of carbonyl (C=O) groups excluding carboxylic acids is 1. The molecule has 5 nitrogen and oxygen atoms in total. The van der Waals surface area contributed by atoms with Crippen molar-refractivity contribution in [2.24, 2.45) is 10.5 Å². The molecule has 1 heterocycles. The first-order valence-corrected chi connectivity index (χ1v) is 7.76. The van der Waals surface area contributed by atoms with E-state index in [0.29, 0.717) is 5.01 Å². The summed E-state index contributed by atoms with van der Waals surface area (Å²) in [5.74, 6) is -0.776. The lowest BCUT2D eigenvalue weighted by Gasteiger charge is -2.41. The second-order valence-corrected chi connectivity index (χ2v) is 7.35. The fraction of sp³-hybridized carbons (Fsp3) is 0.529. The monoisotopic (exact) mass is 357 g/mol. The van der Waals surface area contributed by atoms with Crippen molar-refractivity contribution >= 4 is 17.3 Å². The maximum Gasteiger partial charge on any atom is 0.431 e. The molecule has 0 bridgehead atoms. The number of amides is 1. The lowest BCUT2D eigenvalue weighted by molar-refractivity contribution is -0.144. The summed E-state index contributed by atoms with van der Waals surface area (Å²) in [6.45, 7) is 4.70. The van der Waals surface area contributed by atoms with E-state index in [4.69, 9.17) is 0 Å². The molecule has 1 aromatic rings. The number of halogens is 3. The van der Waals surface area contributed by atoms with E-state index >= 15 is 0 Å². The first-order valence-electron chi connectivity index (χ1n) is 7.76. The summed E-state index contributed by atoms with van der Waals surface area (Å²) in [6.07, 6.45) is -5.47. The molecule has 2 rings (SSSR count). The van der Waals surface area contributed by atoms with Crippen molar-refractivity contribution in [1.82, 2.24) is 5.01 Å². The molecule has 0 spiro atoms. The van der Waals surface area contributed by atoms with E-state index in [-0.39, 0.29) is 5.56 Å². The van der Waals surface area contributed by atoms with Crippen LogP contribution in [0.2, 0.25) is 0 Å². The average Bonchev–Trinajstić information content (AvgIpc) is 2.85. The Bertz CT molecular complexity index is 691. The minimum absolute atomic E-state index is 0.153. The summed E-state index contributed by atoms with van der Waals surface area (Å²) < 4.78 is 39.3. The predicted molar refractivity (Wildman–Crippen MR) is 89.5 cm³/mol. The van der Waals surface area contributed by atoms with Crippen molar-refractivity contribution in [2.45, 2.75) is 39.1 Å². The van der Waals surface area contributed by atoms with Crippen LogP contribution in [0.3, 0.4) is 0 Å². The van der Waals surface area contributed by atoms with Gasteiger partial charge in [-0.1, -0.05) is 20.8 Å². The molecule has 0 aromatic heterocycles. The van der Waals surface area contributed by atoms with Crippen LogP contribution in [-0.4, -0.2) is 47.7 Å². The molecule has 1 atom stereocenters. The third kappa shape index (κ3) is 3.49. The molecule has 138 valence electrons. The molecule has 0 saturated carbocycles. The second-order valence-electron chi connectivity index (χ2n) is 7.35. The number of anilines is 1. The summed E-state index contributed by atoms with van der Waals surface area (Å²) in [5, 5.41) is 14.9. The Balaban J connectivity index is 2.44. The van der Waals surface area contributed by atoms with Crippen LogP contribution in [0.15, 0.2) is 29.4 Å². The quantitative estimate of drug-likeness (QED) is 0.884. The SMILES string of the molecule is CN(C)c1ccc(C(=O)N2N=C(C(F)(F)F)C[C@@]2(O)C(C)(C)C)cc1. The van der Waals surface area contributed by atoms with Gasteiger partial charge in [-0.3, -0.25) is 4.79 Å². The number of rotatable bonds is 2. The largest absolute Gasteiger partial charge is 0.431 e. The lowest BCUT2D eigenvalue weighted by Crippen LogP contribution is -2.55. The zero-order chi connectivity index (χ0) is 19.2. The number of alkyl halides is 3. The highest BCUT2D eigenvalue weighted by atomic mass is 19.4. The van der Waals surface area contributed by atoms with Crippen LogP contribution in [0.5, 0.6) is 0 Å². The normalized spacial score (nSPS) is 21.3. The smallest absolute Gasteiger partial charge is 0.378 e. The highest BCUT2D eigenvalue weighted by molar-refractivity contribution is 6.00. The fourth-order valence-electron chi connectivity index (χ4n) is 2.52. The van der Waals surface area contributed by atoms with E-state index in [1.54, 1.807) is 32.9 Å². The first-order chi connectivity index (χ1) is 11.3. The zero-order valence-electron chi connectivity index (χ0n) is 14.8. The summed E-state index contributed by atoms with van der Waals surface area (Å²) in [5.41, 5.74) is -3.26. The average molecular weight is 357 g/mol. The van der Waals surface area contributed by atoms with Crippen LogP contribution in [0.25, 0.3) is 0 Å². The van der Waals surface area contributed by atoms with Crippen LogP contribution >= 0.6 is 0 Å². The summed E-state index contributed by atoms with van der Waals surface area (Å²) >= 11 is 0. The maximum absolute atomic E-state index is 13.1. The number of hydrogen-bond donors (Lipinski definition) is 1. The first kappa shape index (κ1) is 19.2. The molecule has 1 N–H and O–H groups in total. The summed E-state index contributed by atoms with van der Waals surface area (Å²) in [7, 11) is 3.66. The van der Waals surface area contributed by atoms with Crippen molar-refractivity contribution in [3.05, 3.63) is 29.8 Å². The van der Waals surface area contributed by atoms with E-state index in [2.05, 4.69) is 5.10 Å². The zero-order valence-corrected chi connectivity index (χ0v) is 14.8. The van der Waals surface area contributed by atoms with Crippen molar-refractivity contribution in [3.8, 4) is 0 Å². The lowest BCUT2D eigenvalue weighted by atomic mass is 9.80. The number of benzene rings is 1. The van der Waals surface area contributed by atoms with E-state index < -0.39 is 35.4 Å². The molecular weight excluding hydrogens is 335 g/mol. The Kier molecular flexibility index (Phi) is 4.63. The van der Waals surface area contributed by atoms with Crippen molar-refractivity contribution < 1.29 is 23.1 Å². The predicted octanol–water partition coefficient (Wildman–Crippen LogP) is 3.25. The fourth-order valence-corrected chi connectivity index (χ4v) is 2.52. The van der Waals surface area contributed by atoms with Gasteiger partial charge in [0.05, 0.1) is 0 Å². The van der Waals surface area contributed by atoms with E-state index in [0.717, 1.165) is 5.69 Å². The summed E-state index contributed by atoms with van der Waals surface area (Å²) in [4.78, 5) is 14.6. The van der Waals surface area contributed by atoms with E-state index in [9.17, 15) is 23.1 Å². The molecule has 1 amide bonds. The van der Waals surface area contributed by atoms with Crippen LogP contribution in [0.4, 0.5) is 18.9 Å². The van der Waals surface area contributed by atoms with E-state index in [1.807, 2.05) is 19.0 Å². The molecule has 8 heteroatoms. The van der Waals surface area contributed by atoms with Gasteiger partial charge >= 0.3 is 6.18 Å². The van der Waals surface area contributed by atoms with Gasteiger partial charge in [-0.2, -0.15) is 23.3 Å². The minimum atomic E-state index is -4.71. The molecule has 1 aromatic carbocycles. The molecule has 25 heavy (non-hydrogen) atoms. The third-order valence-electron chi connectivity index (χ3n) is 4.34. The minimum Gasteiger partial charge on any atom is -0.378 e. The van der Waals surface area contributed by atoms with Crippen LogP contribution in [-0.2, 0) is 0 Å². The Morgan fingerprint density at radius 1 is 1.20 bits per heavy atom. The highest BCUT2D eigenvalue weighted by Crippen LogP contribution is 2.44. The van der Waals surface area contributed by atoms with Gasteiger partial charge in [0.1, 0.15) is 5.71 Å². The number of carbonyl (C=O) groups is 1. The molecule has 0 unspecified atom stereocenters. The Morgan fingerprint density at radius 3 is 2.12 bits per heavy atom. The molecule has 0 radical (unpaired) electrons. The topological polar surface area (TPSA) is 56.1 Å². The molecule has 0 saturated heterocycles. The van der Waals surface area contributed by atoms with Gasteiger partial charge in [0.2, 0.25) is 0 Å². The molecule has 0 fully saturated rings. The maximum atomic E-state index is 13.1. The van der Waals surface area contributed by atoms with Gasteiger partial charge < -0.3 is 10.0 Å². The Labute approximate surface area is 144 Å². The van der Waals surface area contributed by atoms with Gasteiger partial charge in [-0.05, 0) is 24.3 Å². The third-order valence-corrected chi connectivity index (χ3v) is 4.34.